The van der Waals surface area contributed by atoms with Crippen molar-refractivity contribution < 1.29 is 23.4 Å². The zero-order valence-electron chi connectivity index (χ0n) is 15.9. The van der Waals surface area contributed by atoms with Gasteiger partial charge in [-0.1, -0.05) is 0 Å². The number of thiophene rings is 1. The average Bonchev–Trinajstić information content (AvgIpc) is 3.39. The number of amides is 1. The smallest absolute Gasteiger partial charge is 0.256 e. The molecule has 0 aliphatic rings. The van der Waals surface area contributed by atoms with Crippen molar-refractivity contribution in [2.24, 2.45) is 0 Å². The molecule has 3 heterocycles. The van der Waals surface area contributed by atoms with Crippen LogP contribution in [0.3, 0.4) is 0 Å². The van der Waals surface area contributed by atoms with Crippen LogP contribution in [0, 0.1) is 0 Å². The van der Waals surface area contributed by atoms with Gasteiger partial charge in [0.15, 0.2) is 17.1 Å². The van der Waals surface area contributed by atoms with Gasteiger partial charge in [-0.05, 0) is 24.3 Å². The highest BCUT2D eigenvalue weighted by Gasteiger charge is 2.18. The molecule has 1 N–H and O–H groups in total. The van der Waals surface area contributed by atoms with Crippen LogP contribution in [0.4, 0.5) is 5.00 Å². The molecule has 0 saturated carbocycles. The van der Waals surface area contributed by atoms with Crippen LogP contribution >= 0.6 is 11.3 Å². The lowest BCUT2D eigenvalue weighted by molar-refractivity contribution is 0.102. The van der Waals surface area contributed by atoms with Crippen LogP contribution in [0.1, 0.15) is 10.4 Å². The first kappa shape index (κ1) is 18.8. The first-order valence-electron chi connectivity index (χ1n) is 8.55. The van der Waals surface area contributed by atoms with E-state index in [2.05, 4.69) is 15.3 Å². The van der Waals surface area contributed by atoms with Gasteiger partial charge in [0.05, 0.1) is 37.4 Å². The second kappa shape index (κ2) is 7.80. The van der Waals surface area contributed by atoms with Crippen LogP contribution in [-0.2, 0) is 0 Å². The van der Waals surface area contributed by atoms with Crippen molar-refractivity contribution in [1.29, 1.82) is 0 Å². The van der Waals surface area contributed by atoms with E-state index in [1.165, 1.54) is 32.7 Å². The molecule has 148 valence electrons. The second-order valence-electron chi connectivity index (χ2n) is 5.89. The minimum atomic E-state index is -0.306. The quantitative estimate of drug-likeness (QED) is 0.507. The number of aromatic nitrogens is 2. The summed E-state index contributed by atoms with van der Waals surface area (Å²) in [5.74, 6) is 1.41. The summed E-state index contributed by atoms with van der Waals surface area (Å²) in [4.78, 5) is 22.0. The maximum Gasteiger partial charge on any atom is 0.256 e. The summed E-state index contributed by atoms with van der Waals surface area (Å²) in [6.45, 7) is 0. The number of fused-ring (bicyclic) bond motifs is 1. The van der Waals surface area contributed by atoms with Crippen molar-refractivity contribution in [3.05, 3.63) is 48.3 Å². The van der Waals surface area contributed by atoms with E-state index in [-0.39, 0.29) is 5.91 Å². The van der Waals surface area contributed by atoms with Crippen molar-refractivity contribution in [3.8, 4) is 28.0 Å². The molecule has 0 bridgehead atoms. The van der Waals surface area contributed by atoms with Crippen molar-refractivity contribution in [1.82, 2.24) is 9.97 Å². The molecule has 1 aromatic carbocycles. The van der Waals surface area contributed by atoms with Gasteiger partial charge >= 0.3 is 0 Å². The maximum absolute atomic E-state index is 12.7. The van der Waals surface area contributed by atoms with E-state index < -0.39 is 0 Å². The molecule has 0 saturated heterocycles. The summed E-state index contributed by atoms with van der Waals surface area (Å²) in [5.41, 5.74) is 1.72. The van der Waals surface area contributed by atoms with Gasteiger partial charge in [-0.2, -0.15) is 0 Å². The summed E-state index contributed by atoms with van der Waals surface area (Å²) in [6.07, 6.45) is 3.29. The van der Waals surface area contributed by atoms with E-state index in [4.69, 9.17) is 18.6 Å². The highest BCUT2D eigenvalue weighted by molar-refractivity contribution is 7.19. The third-order valence-electron chi connectivity index (χ3n) is 4.17. The summed E-state index contributed by atoms with van der Waals surface area (Å²) in [7, 11) is 4.51. The Hall–Kier alpha value is -3.59. The molecule has 0 fully saturated rings. The summed E-state index contributed by atoms with van der Waals surface area (Å²) in [6, 6.07) is 8.58. The van der Waals surface area contributed by atoms with Crippen LogP contribution in [0.5, 0.6) is 17.2 Å². The zero-order chi connectivity index (χ0) is 20.4. The number of anilines is 1. The molecule has 0 radical (unpaired) electrons. The second-order valence-corrected chi connectivity index (χ2v) is 6.98. The van der Waals surface area contributed by atoms with Crippen LogP contribution < -0.4 is 19.5 Å². The number of methoxy groups -OCH3 is 3. The fourth-order valence-electron chi connectivity index (χ4n) is 2.80. The maximum atomic E-state index is 12.7. The lowest BCUT2D eigenvalue weighted by Gasteiger charge is -2.13. The number of pyridine rings is 1. The van der Waals surface area contributed by atoms with Gasteiger partial charge in [0.25, 0.3) is 5.91 Å². The molecule has 4 aromatic rings. The van der Waals surface area contributed by atoms with Crippen molar-refractivity contribution >= 4 is 33.3 Å². The Morgan fingerprint density at radius 3 is 2.48 bits per heavy atom. The molecular formula is C20H17N3O5S. The van der Waals surface area contributed by atoms with Gasteiger partial charge in [0, 0.05) is 17.8 Å². The van der Waals surface area contributed by atoms with Crippen LogP contribution in [0.25, 0.3) is 21.9 Å². The lowest BCUT2D eigenvalue weighted by Crippen LogP contribution is -2.11. The lowest BCUT2D eigenvalue weighted by atomic mass is 10.1. The predicted molar refractivity (Wildman–Crippen MR) is 109 cm³/mol. The number of carbonyl (C=O) groups excluding carboxylic acids is 1. The molecular weight excluding hydrogens is 394 g/mol. The van der Waals surface area contributed by atoms with Gasteiger partial charge in [-0.3, -0.25) is 9.78 Å². The molecule has 0 spiro atoms. The Labute approximate surface area is 170 Å². The summed E-state index contributed by atoms with van der Waals surface area (Å²) in [5, 5.41) is 3.52. The SMILES string of the molecule is COc1cc(C(=O)Nc2ccc(-c3nc4cnccc4o3)s2)cc(OC)c1OC. The van der Waals surface area contributed by atoms with E-state index >= 15 is 0 Å². The van der Waals surface area contributed by atoms with Gasteiger partial charge in [0.1, 0.15) is 5.52 Å². The summed E-state index contributed by atoms with van der Waals surface area (Å²) < 4.78 is 21.6. The Bertz CT molecular complexity index is 1130. The van der Waals surface area contributed by atoms with Crippen molar-refractivity contribution in [2.45, 2.75) is 0 Å². The van der Waals surface area contributed by atoms with Gasteiger partial charge in [-0.25, -0.2) is 4.98 Å². The number of hydrogen-bond acceptors (Lipinski definition) is 8. The standard InChI is InChI=1S/C20H17N3O5S/c1-25-14-8-11(9-15(26-2)18(14)27-3)19(24)23-17-5-4-16(29-17)20-22-12-10-21-7-6-13(12)28-20/h4-10H,1-3H3,(H,23,24). The van der Waals surface area contributed by atoms with Crippen molar-refractivity contribution in [2.75, 3.05) is 26.6 Å². The van der Waals surface area contributed by atoms with Gasteiger partial charge in [0.2, 0.25) is 11.6 Å². The monoisotopic (exact) mass is 411 g/mol. The summed E-state index contributed by atoms with van der Waals surface area (Å²) >= 11 is 1.36. The third kappa shape index (κ3) is 3.59. The van der Waals surface area contributed by atoms with Gasteiger partial charge in [-0.15, -0.1) is 11.3 Å². The topological polar surface area (TPSA) is 95.7 Å². The molecule has 8 nitrogen and oxygen atoms in total. The normalized spacial score (nSPS) is 10.7. The number of hydrogen-bond donors (Lipinski definition) is 1. The fraction of sp³-hybridized carbons (Fsp3) is 0.150. The molecule has 29 heavy (non-hydrogen) atoms. The highest BCUT2D eigenvalue weighted by atomic mass is 32.1. The van der Waals surface area contributed by atoms with E-state index in [1.54, 1.807) is 36.7 Å². The van der Waals surface area contributed by atoms with E-state index in [1.807, 2.05) is 6.07 Å². The van der Waals surface area contributed by atoms with Gasteiger partial charge < -0.3 is 23.9 Å². The Morgan fingerprint density at radius 2 is 1.83 bits per heavy atom. The molecule has 1 amide bonds. The fourth-order valence-corrected chi connectivity index (χ4v) is 3.63. The molecule has 0 aliphatic heterocycles. The Kier molecular flexibility index (Phi) is 5.05. The number of benzene rings is 1. The molecule has 0 aliphatic carbocycles. The van der Waals surface area contributed by atoms with Crippen LogP contribution in [0.15, 0.2) is 47.1 Å². The molecule has 9 heteroatoms. The van der Waals surface area contributed by atoms with Crippen molar-refractivity contribution in [3.63, 3.8) is 0 Å². The molecule has 0 atom stereocenters. The first-order valence-corrected chi connectivity index (χ1v) is 9.36. The minimum Gasteiger partial charge on any atom is -0.493 e. The Balaban J connectivity index is 1.58. The number of oxazole rings is 1. The number of carbonyl (C=O) groups is 1. The number of ether oxygens (including phenoxy) is 3. The highest BCUT2D eigenvalue weighted by Crippen LogP contribution is 2.39. The zero-order valence-corrected chi connectivity index (χ0v) is 16.7. The van der Waals surface area contributed by atoms with Crippen LogP contribution in [0.2, 0.25) is 0 Å². The minimum absolute atomic E-state index is 0.306. The largest absolute Gasteiger partial charge is 0.493 e. The van der Waals surface area contributed by atoms with E-state index in [9.17, 15) is 4.79 Å². The average molecular weight is 411 g/mol. The first-order chi connectivity index (χ1) is 14.1. The third-order valence-corrected chi connectivity index (χ3v) is 5.16. The Morgan fingerprint density at radius 1 is 1.07 bits per heavy atom. The van der Waals surface area contributed by atoms with E-state index in [0.717, 1.165) is 4.88 Å². The molecule has 4 rings (SSSR count). The van der Waals surface area contributed by atoms with E-state index in [0.29, 0.717) is 44.8 Å². The molecule has 3 aromatic heterocycles. The number of rotatable bonds is 6. The predicted octanol–water partition coefficient (Wildman–Crippen LogP) is 4.23. The molecule has 0 unspecified atom stereocenters. The van der Waals surface area contributed by atoms with Crippen LogP contribution in [-0.4, -0.2) is 37.2 Å². The number of nitrogens with one attached hydrogen (secondary N) is 1. The number of nitrogens with zero attached hydrogens (tertiary/aromatic N) is 2.